The number of benzene rings is 2. The van der Waals surface area contributed by atoms with Gasteiger partial charge in [-0.2, -0.15) is 5.21 Å². The summed E-state index contributed by atoms with van der Waals surface area (Å²) in [7, 11) is 0. The van der Waals surface area contributed by atoms with Gasteiger partial charge in [0.15, 0.2) is 0 Å². The van der Waals surface area contributed by atoms with E-state index in [1.807, 2.05) is 29.6 Å². The van der Waals surface area contributed by atoms with Crippen molar-refractivity contribution in [3.63, 3.8) is 0 Å². The van der Waals surface area contributed by atoms with Crippen molar-refractivity contribution in [2.45, 2.75) is 129 Å². The average Bonchev–Trinajstić information content (AvgIpc) is 3.81. The lowest BCUT2D eigenvalue weighted by molar-refractivity contribution is 0.420. The van der Waals surface area contributed by atoms with Gasteiger partial charge in [-0.25, -0.2) is 4.98 Å². The number of tetrazole rings is 1. The Bertz CT molecular complexity index is 1770. The van der Waals surface area contributed by atoms with Crippen LogP contribution >= 0.6 is 23.5 Å². The molecule has 3 aromatic heterocycles. The summed E-state index contributed by atoms with van der Waals surface area (Å²) >= 11 is 3.92. The highest BCUT2D eigenvalue weighted by molar-refractivity contribution is 8.00. The zero-order valence-corrected chi connectivity index (χ0v) is 28.7. The van der Waals surface area contributed by atoms with Crippen molar-refractivity contribution >= 4 is 34.6 Å². The maximum Gasteiger partial charge on any atom is 0.205 e. The van der Waals surface area contributed by atoms with Crippen LogP contribution in [-0.2, 0) is 6.54 Å². The first-order valence-electron chi connectivity index (χ1n) is 17.8. The molecule has 0 spiro atoms. The van der Waals surface area contributed by atoms with Crippen molar-refractivity contribution < 1.29 is 0 Å². The fraction of sp³-hybridized carbons (Fsp3) is 0.514. The number of nitrogens with one attached hydrogen (secondary N) is 1. The van der Waals surface area contributed by atoms with Crippen LogP contribution < -0.4 is 0 Å². The maximum atomic E-state index is 5.56. The smallest absolute Gasteiger partial charge is 0.205 e. The molecule has 3 fully saturated rings. The van der Waals surface area contributed by atoms with E-state index < -0.39 is 0 Å². The Morgan fingerprint density at radius 2 is 1.28 bits per heavy atom. The number of H-pyrrole nitrogens is 1. The molecule has 0 unspecified atom stereocenters. The Hall–Kier alpha value is -3.24. The summed E-state index contributed by atoms with van der Waals surface area (Å²) in [6, 6.07) is 17.3. The summed E-state index contributed by atoms with van der Waals surface area (Å²) in [4.78, 5) is 5.56. The molecular weight excluding hydrogens is 621 g/mol. The van der Waals surface area contributed by atoms with Crippen LogP contribution in [0.2, 0.25) is 0 Å². The van der Waals surface area contributed by atoms with Gasteiger partial charge in [0.05, 0.1) is 0 Å². The van der Waals surface area contributed by atoms with Gasteiger partial charge in [-0.1, -0.05) is 130 Å². The number of imidazole rings is 1. The van der Waals surface area contributed by atoms with Gasteiger partial charge in [0, 0.05) is 28.5 Å². The first kappa shape index (κ1) is 31.1. The van der Waals surface area contributed by atoms with Crippen LogP contribution in [0.3, 0.4) is 0 Å². The highest BCUT2D eigenvalue weighted by Crippen LogP contribution is 2.43. The quantitative estimate of drug-likeness (QED) is 0.166. The summed E-state index contributed by atoms with van der Waals surface area (Å²) in [5, 5.41) is 28.2. The van der Waals surface area contributed by atoms with Gasteiger partial charge in [-0.05, 0) is 60.4 Å². The number of aromatic nitrogens is 8. The standard InChI is InChI=1S/C37H44N8S2/c1-4-12-27(13-5-1)35-38-32-33(37(47-29-16-8-3-9-17-29)42-41-36(32)46-28-14-6-2-7-15-28)45(35)24-25-20-22-26(23-21-25)30-18-10-11-19-31(30)34-39-43-44-40-34/h10-11,18-23,27-29H,1-9,12-17,24H2,(H,39,40,43,44). The van der Waals surface area contributed by atoms with E-state index in [0.717, 1.165) is 38.8 Å². The molecule has 10 heteroatoms. The first-order chi connectivity index (χ1) is 23.3. The summed E-state index contributed by atoms with van der Waals surface area (Å²) in [5.74, 6) is 2.34. The van der Waals surface area contributed by atoms with E-state index in [-0.39, 0.29) is 0 Å². The Labute approximate surface area is 285 Å². The van der Waals surface area contributed by atoms with E-state index in [9.17, 15) is 0 Å². The van der Waals surface area contributed by atoms with Gasteiger partial charge < -0.3 is 4.57 Å². The highest BCUT2D eigenvalue weighted by Gasteiger charge is 2.29. The second-order valence-corrected chi connectivity index (χ2v) is 16.2. The Kier molecular flexibility index (Phi) is 9.57. The Morgan fingerprint density at radius 3 is 1.94 bits per heavy atom. The van der Waals surface area contributed by atoms with E-state index in [2.05, 4.69) is 67.7 Å². The van der Waals surface area contributed by atoms with Crippen molar-refractivity contribution in [1.82, 2.24) is 40.4 Å². The molecule has 0 atom stereocenters. The molecule has 0 radical (unpaired) electrons. The van der Waals surface area contributed by atoms with Gasteiger partial charge in [-0.15, -0.1) is 20.4 Å². The lowest BCUT2D eigenvalue weighted by Crippen LogP contribution is -2.14. The lowest BCUT2D eigenvalue weighted by Gasteiger charge is -2.23. The molecule has 8 nitrogen and oxygen atoms in total. The predicted octanol–water partition coefficient (Wildman–Crippen LogP) is 9.62. The van der Waals surface area contributed by atoms with E-state index in [4.69, 9.17) is 15.2 Å². The van der Waals surface area contributed by atoms with E-state index >= 15 is 0 Å². The summed E-state index contributed by atoms with van der Waals surface area (Å²) < 4.78 is 2.55. The zero-order chi connectivity index (χ0) is 31.4. The van der Waals surface area contributed by atoms with Crippen LogP contribution in [0.5, 0.6) is 0 Å². The average molecular weight is 665 g/mol. The molecule has 5 aromatic rings. The van der Waals surface area contributed by atoms with Crippen LogP contribution in [0.25, 0.3) is 33.5 Å². The number of rotatable bonds is 9. The molecule has 0 saturated heterocycles. The van der Waals surface area contributed by atoms with Gasteiger partial charge in [0.1, 0.15) is 26.9 Å². The predicted molar refractivity (Wildman–Crippen MR) is 191 cm³/mol. The third-order valence-corrected chi connectivity index (χ3v) is 13.0. The van der Waals surface area contributed by atoms with Crippen molar-refractivity contribution in [2.24, 2.45) is 0 Å². The minimum Gasteiger partial charge on any atom is -0.321 e. The fourth-order valence-electron chi connectivity index (χ4n) is 7.87. The van der Waals surface area contributed by atoms with Crippen molar-refractivity contribution in [2.75, 3.05) is 0 Å². The highest BCUT2D eigenvalue weighted by atomic mass is 32.2. The summed E-state index contributed by atoms with van der Waals surface area (Å²) in [6.45, 7) is 0.784. The normalized spacial score (nSPS) is 18.6. The minimum absolute atomic E-state index is 0.484. The third-order valence-electron chi connectivity index (χ3n) is 10.4. The molecule has 2 aromatic carbocycles. The van der Waals surface area contributed by atoms with Crippen molar-refractivity contribution in [3.05, 3.63) is 59.9 Å². The monoisotopic (exact) mass is 664 g/mol. The molecule has 3 aliphatic carbocycles. The molecule has 8 rings (SSSR count). The Balaban J connectivity index is 1.19. The van der Waals surface area contributed by atoms with Crippen LogP contribution in [0.4, 0.5) is 0 Å². The molecule has 0 bridgehead atoms. The van der Waals surface area contributed by atoms with Gasteiger partial charge in [-0.3, -0.25) is 0 Å². The van der Waals surface area contributed by atoms with E-state index in [1.165, 1.54) is 113 Å². The van der Waals surface area contributed by atoms with E-state index in [0.29, 0.717) is 22.2 Å². The number of nitrogens with zero attached hydrogens (tertiary/aromatic N) is 7. The number of thioether (sulfide) groups is 2. The molecule has 3 saturated carbocycles. The molecule has 47 heavy (non-hydrogen) atoms. The summed E-state index contributed by atoms with van der Waals surface area (Å²) in [5.41, 5.74) is 6.81. The van der Waals surface area contributed by atoms with Gasteiger partial charge >= 0.3 is 0 Å². The zero-order valence-electron chi connectivity index (χ0n) is 27.1. The van der Waals surface area contributed by atoms with Gasteiger partial charge in [0.25, 0.3) is 0 Å². The topological polar surface area (TPSA) is 98.1 Å². The third kappa shape index (κ3) is 6.86. The Morgan fingerprint density at radius 1 is 0.660 bits per heavy atom. The second kappa shape index (κ2) is 14.5. The molecule has 3 heterocycles. The van der Waals surface area contributed by atoms with Crippen molar-refractivity contribution in [1.29, 1.82) is 0 Å². The molecule has 1 N–H and O–H groups in total. The summed E-state index contributed by atoms with van der Waals surface area (Å²) in [6.07, 6.45) is 19.4. The second-order valence-electron chi connectivity index (χ2n) is 13.6. The van der Waals surface area contributed by atoms with Gasteiger partial charge in [0.2, 0.25) is 5.82 Å². The largest absolute Gasteiger partial charge is 0.321 e. The SMILES string of the molecule is c1ccc(-c2nn[nH]n2)c(-c2ccc(Cn3c(C4CCCCC4)nc4c(SC5CCCCC5)nnc(SC5CCCCC5)c43)cc2)c1. The first-order valence-corrected chi connectivity index (χ1v) is 19.6. The number of hydrogen-bond acceptors (Lipinski definition) is 8. The molecule has 0 amide bonds. The van der Waals surface area contributed by atoms with Crippen LogP contribution in [0, 0.1) is 0 Å². The van der Waals surface area contributed by atoms with Crippen molar-refractivity contribution in [3.8, 4) is 22.5 Å². The molecule has 0 aliphatic heterocycles. The maximum absolute atomic E-state index is 5.56. The number of aromatic amines is 1. The van der Waals surface area contributed by atoms with Crippen LogP contribution in [-0.4, -0.2) is 50.9 Å². The number of hydrogen-bond donors (Lipinski definition) is 1. The van der Waals surface area contributed by atoms with E-state index in [1.54, 1.807) is 0 Å². The number of fused-ring (bicyclic) bond motifs is 1. The molecular formula is C37H44N8S2. The van der Waals surface area contributed by atoms with Crippen LogP contribution in [0.15, 0.2) is 58.6 Å². The molecule has 244 valence electrons. The fourth-order valence-corrected chi connectivity index (χ4v) is 10.4. The van der Waals surface area contributed by atoms with Crippen LogP contribution in [0.1, 0.15) is 114 Å². The lowest BCUT2D eigenvalue weighted by atomic mass is 9.88. The molecule has 3 aliphatic rings. The minimum atomic E-state index is 0.484.